The van der Waals surface area contributed by atoms with E-state index in [2.05, 4.69) is 23.5 Å². The molecule has 2 aromatic carbocycles. The van der Waals surface area contributed by atoms with Gasteiger partial charge in [-0.2, -0.15) is 0 Å². The van der Waals surface area contributed by atoms with Gasteiger partial charge in [0.1, 0.15) is 0 Å². The Bertz CT molecular complexity index is 615. The molecule has 1 atom stereocenters. The van der Waals surface area contributed by atoms with Crippen LogP contribution in [-0.4, -0.2) is 5.75 Å². The molecule has 0 amide bonds. The summed E-state index contributed by atoms with van der Waals surface area (Å²) in [5, 5.41) is 5.22. The van der Waals surface area contributed by atoms with Crippen molar-refractivity contribution in [1.82, 2.24) is 5.32 Å². The molecule has 20 heavy (non-hydrogen) atoms. The first-order chi connectivity index (χ1) is 9.74. The van der Waals surface area contributed by atoms with E-state index in [1.54, 1.807) is 0 Å². The van der Waals surface area contributed by atoms with Crippen molar-refractivity contribution in [3.63, 3.8) is 0 Å². The van der Waals surface area contributed by atoms with Crippen LogP contribution in [0.2, 0.25) is 10.0 Å². The van der Waals surface area contributed by atoms with Crippen LogP contribution in [0.3, 0.4) is 0 Å². The first-order valence-electron chi connectivity index (χ1n) is 6.63. The molecule has 0 radical (unpaired) electrons. The van der Waals surface area contributed by atoms with Crippen LogP contribution in [0.1, 0.15) is 23.6 Å². The fraction of sp³-hybridized carbons (Fsp3) is 0.250. The molecule has 0 bridgehead atoms. The van der Waals surface area contributed by atoms with Crippen LogP contribution >= 0.6 is 35.0 Å². The molecular weight excluding hydrogens is 309 g/mol. The number of halogens is 2. The lowest BCUT2D eigenvalue weighted by atomic mass is 10.0. The van der Waals surface area contributed by atoms with Gasteiger partial charge in [-0.3, -0.25) is 0 Å². The van der Waals surface area contributed by atoms with E-state index in [0.717, 1.165) is 34.3 Å². The average Bonchev–Trinajstić information content (AvgIpc) is 2.46. The molecule has 1 N–H and O–H groups in total. The van der Waals surface area contributed by atoms with Crippen LogP contribution < -0.4 is 5.32 Å². The zero-order chi connectivity index (χ0) is 13.9. The Hall–Kier alpha value is -0.670. The molecule has 1 heterocycles. The molecule has 4 heteroatoms. The number of nitrogens with one attached hydrogen (secondary N) is 1. The van der Waals surface area contributed by atoms with E-state index >= 15 is 0 Å². The first kappa shape index (κ1) is 14.3. The Balaban J connectivity index is 1.77. The van der Waals surface area contributed by atoms with Gasteiger partial charge in [-0.25, -0.2) is 0 Å². The molecular formula is C16H15Cl2NS. The second-order valence-electron chi connectivity index (χ2n) is 4.84. The van der Waals surface area contributed by atoms with E-state index in [1.165, 1.54) is 10.5 Å². The summed E-state index contributed by atoms with van der Waals surface area (Å²) in [5.41, 5.74) is 2.44. The predicted octanol–water partition coefficient (Wildman–Crippen LogP) is 5.32. The zero-order valence-electron chi connectivity index (χ0n) is 10.9. The van der Waals surface area contributed by atoms with Crippen molar-refractivity contribution in [2.45, 2.75) is 23.9 Å². The van der Waals surface area contributed by atoms with Crippen molar-refractivity contribution < 1.29 is 0 Å². The summed E-state index contributed by atoms with van der Waals surface area (Å²) >= 11 is 14.2. The summed E-state index contributed by atoms with van der Waals surface area (Å²) in [4.78, 5) is 1.33. The van der Waals surface area contributed by atoms with Gasteiger partial charge in [0.05, 0.1) is 0 Å². The third-order valence-electron chi connectivity index (χ3n) is 3.51. The molecule has 1 aliphatic heterocycles. The zero-order valence-corrected chi connectivity index (χ0v) is 13.2. The van der Waals surface area contributed by atoms with E-state index < -0.39 is 0 Å². The number of benzene rings is 2. The van der Waals surface area contributed by atoms with Crippen LogP contribution in [0.25, 0.3) is 0 Å². The summed E-state index contributed by atoms with van der Waals surface area (Å²) in [6, 6.07) is 14.5. The maximum absolute atomic E-state index is 6.20. The van der Waals surface area contributed by atoms with Crippen molar-refractivity contribution >= 4 is 35.0 Å². The largest absolute Gasteiger partial charge is 0.306 e. The van der Waals surface area contributed by atoms with Gasteiger partial charge >= 0.3 is 0 Å². The minimum Gasteiger partial charge on any atom is -0.306 e. The van der Waals surface area contributed by atoms with Crippen LogP contribution in [-0.2, 0) is 6.54 Å². The van der Waals surface area contributed by atoms with E-state index in [-0.39, 0.29) is 0 Å². The minimum absolute atomic E-state index is 0.348. The molecule has 1 aliphatic rings. The molecule has 0 saturated heterocycles. The molecule has 0 aromatic heterocycles. The third-order valence-corrected chi connectivity index (χ3v) is 5.23. The lowest BCUT2D eigenvalue weighted by Crippen LogP contribution is -2.24. The topological polar surface area (TPSA) is 12.0 Å². The molecule has 0 aliphatic carbocycles. The summed E-state index contributed by atoms with van der Waals surface area (Å²) in [6.07, 6.45) is 1.11. The van der Waals surface area contributed by atoms with Gasteiger partial charge in [0.2, 0.25) is 0 Å². The average molecular weight is 324 g/mol. The Morgan fingerprint density at radius 3 is 2.85 bits per heavy atom. The number of hydrogen-bond donors (Lipinski definition) is 1. The van der Waals surface area contributed by atoms with Gasteiger partial charge < -0.3 is 5.32 Å². The first-order valence-corrected chi connectivity index (χ1v) is 8.37. The quantitative estimate of drug-likeness (QED) is 0.820. The van der Waals surface area contributed by atoms with Crippen molar-refractivity contribution in [3.05, 3.63) is 63.6 Å². The highest BCUT2D eigenvalue weighted by Crippen LogP contribution is 2.37. The molecule has 0 saturated carbocycles. The van der Waals surface area contributed by atoms with Gasteiger partial charge in [-0.05, 0) is 47.6 Å². The second kappa shape index (κ2) is 6.40. The van der Waals surface area contributed by atoms with E-state index in [1.807, 2.05) is 36.0 Å². The Morgan fingerprint density at radius 1 is 1.15 bits per heavy atom. The fourth-order valence-electron chi connectivity index (χ4n) is 2.45. The van der Waals surface area contributed by atoms with Crippen LogP contribution in [0.5, 0.6) is 0 Å². The van der Waals surface area contributed by atoms with Crippen LogP contribution in [0, 0.1) is 0 Å². The minimum atomic E-state index is 0.348. The molecule has 1 nitrogen and oxygen atoms in total. The summed E-state index contributed by atoms with van der Waals surface area (Å²) in [7, 11) is 0. The summed E-state index contributed by atoms with van der Waals surface area (Å²) in [6.45, 7) is 0.779. The molecule has 2 aromatic rings. The third kappa shape index (κ3) is 3.15. The molecule has 0 spiro atoms. The fourth-order valence-corrected chi connectivity index (χ4v) is 3.94. The Labute approximate surface area is 133 Å². The highest BCUT2D eigenvalue weighted by molar-refractivity contribution is 7.99. The van der Waals surface area contributed by atoms with E-state index in [4.69, 9.17) is 23.2 Å². The number of thioether (sulfide) groups is 1. The maximum atomic E-state index is 6.20. The Kier molecular flexibility index (Phi) is 4.57. The van der Waals surface area contributed by atoms with Gasteiger partial charge in [0.15, 0.2) is 0 Å². The second-order valence-corrected chi connectivity index (χ2v) is 6.82. The van der Waals surface area contributed by atoms with Crippen molar-refractivity contribution in [2.75, 3.05) is 5.75 Å². The van der Waals surface area contributed by atoms with Crippen LogP contribution in [0.15, 0.2) is 47.4 Å². The lowest BCUT2D eigenvalue weighted by molar-refractivity contribution is 0.510. The highest BCUT2D eigenvalue weighted by atomic mass is 35.5. The molecule has 0 fully saturated rings. The maximum Gasteiger partial charge on any atom is 0.0450 e. The van der Waals surface area contributed by atoms with Gasteiger partial charge in [-0.1, -0.05) is 41.4 Å². The van der Waals surface area contributed by atoms with Gasteiger partial charge in [-0.15, -0.1) is 11.8 Å². The SMILES string of the molecule is Clc1ccc2c(c1)C(NCc1ccccc1Cl)CCS2. The normalized spacial score (nSPS) is 17.8. The van der Waals surface area contributed by atoms with Gasteiger partial charge in [0, 0.05) is 27.5 Å². The van der Waals surface area contributed by atoms with Crippen molar-refractivity contribution in [1.29, 1.82) is 0 Å². The molecule has 3 rings (SSSR count). The smallest absolute Gasteiger partial charge is 0.0450 e. The molecule has 104 valence electrons. The number of rotatable bonds is 3. The number of hydrogen-bond acceptors (Lipinski definition) is 2. The Morgan fingerprint density at radius 2 is 2.00 bits per heavy atom. The lowest BCUT2D eigenvalue weighted by Gasteiger charge is -2.26. The standard InChI is InChI=1S/C16H15Cl2NS/c17-12-5-6-16-13(9-12)15(7-8-20-16)19-10-11-3-1-2-4-14(11)18/h1-6,9,15,19H,7-8,10H2. The highest BCUT2D eigenvalue weighted by Gasteiger charge is 2.20. The van der Waals surface area contributed by atoms with Crippen molar-refractivity contribution in [3.8, 4) is 0 Å². The van der Waals surface area contributed by atoms with Crippen LogP contribution in [0.4, 0.5) is 0 Å². The molecule has 1 unspecified atom stereocenters. The van der Waals surface area contributed by atoms with Crippen molar-refractivity contribution in [2.24, 2.45) is 0 Å². The summed E-state index contributed by atoms with van der Waals surface area (Å²) in [5.74, 6) is 1.13. The van der Waals surface area contributed by atoms with Gasteiger partial charge in [0.25, 0.3) is 0 Å². The predicted molar refractivity (Wildman–Crippen MR) is 87.8 cm³/mol. The number of fused-ring (bicyclic) bond motifs is 1. The summed E-state index contributed by atoms with van der Waals surface area (Å²) < 4.78 is 0. The van der Waals surface area contributed by atoms with E-state index in [0.29, 0.717) is 6.04 Å². The monoisotopic (exact) mass is 323 g/mol. The van der Waals surface area contributed by atoms with E-state index in [9.17, 15) is 0 Å².